The average molecular weight is 486 g/mol. The van der Waals surface area contributed by atoms with Crippen LogP contribution in [0.15, 0.2) is 95.9 Å². The first kappa shape index (κ1) is 22.3. The summed E-state index contributed by atoms with van der Waals surface area (Å²) in [5.41, 5.74) is 2.73. The lowest BCUT2D eigenvalue weighted by molar-refractivity contribution is -0.123. The van der Waals surface area contributed by atoms with Crippen molar-refractivity contribution in [2.75, 3.05) is 0 Å². The fraction of sp³-hybridized carbons (Fsp3) is 0.0714. The van der Waals surface area contributed by atoms with Gasteiger partial charge in [0.15, 0.2) is 0 Å². The third kappa shape index (κ3) is 5.01. The highest BCUT2D eigenvalue weighted by Gasteiger charge is 2.35. The lowest BCUT2D eigenvalue weighted by Gasteiger charge is -2.13. The number of rotatable bonds is 6. The fourth-order valence-corrected chi connectivity index (χ4v) is 4.81. The Hall–Kier alpha value is -3.54. The summed E-state index contributed by atoms with van der Waals surface area (Å²) in [4.78, 5) is 27.2. The highest BCUT2D eigenvalue weighted by Crippen LogP contribution is 2.34. The molecule has 1 heterocycles. The molecule has 1 fully saturated rings. The monoisotopic (exact) mass is 485 g/mol. The number of carbonyl (C=O) groups is 2. The van der Waals surface area contributed by atoms with Gasteiger partial charge in [0, 0.05) is 5.02 Å². The first-order valence-electron chi connectivity index (χ1n) is 10.8. The van der Waals surface area contributed by atoms with Crippen LogP contribution in [0.5, 0.6) is 5.75 Å². The van der Waals surface area contributed by atoms with E-state index in [4.69, 9.17) is 16.3 Å². The molecular weight excluding hydrogens is 466 g/mol. The number of carbonyl (C=O) groups excluding carboxylic acids is 2. The molecule has 4 nitrogen and oxygen atoms in total. The van der Waals surface area contributed by atoms with Crippen LogP contribution in [-0.4, -0.2) is 16.0 Å². The number of imide groups is 1. The van der Waals surface area contributed by atoms with Gasteiger partial charge in [0.25, 0.3) is 11.1 Å². The van der Waals surface area contributed by atoms with Gasteiger partial charge in [-0.25, -0.2) is 0 Å². The highest BCUT2D eigenvalue weighted by molar-refractivity contribution is 8.18. The van der Waals surface area contributed by atoms with E-state index in [1.807, 2.05) is 91.0 Å². The maximum Gasteiger partial charge on any atom is 0.293 e. The van der Waals surface area contributed by atoms with Crippen molar-refractivity contribution in [3.8, 4) is 5.75 Å². The van der Waals surface area contributed by atoms with E-state index in [0.717, 1.165) is 39.2 Å². The molecule has 2 amide bonds. The number of nitrogens with zero attached hydrogens (tertiary/aromatic N) is 1. The standard InChI is InChI=1S/C28H20ClNO3S/c29-24-7-3-4-21(15-24)18-33-25-12-9-19(10-13-25)16-26-27(31)30(28(32)34-26)17-20-8-11-22-5-1-2-6-23(22)14-20/h1-16H,17-18H2/b26-16-. The van der Waals surface area contributed by atoms with Crippen LogP contribution in [-0.2, 0) is 17.9 Å². The molecule has 0 bridgehead atoms. The molecule has 0 atom stereocenters. The number of fused-ring (bicyclic) bond motifs is 1. The predicted octanol–water partition coefficient (Wildman–Crippen LogP) is 7.31. The Morgan fingerprint density at radius 2 is 1.62 bits per heavy atom. The number of ether oxygens (including phenoxy) is 1. The number of benzene rings is 4. The summed E-state index contributed by atoms with van der Waals surface area (Å²) in [6.07, 6.45) is 1.74. The third-order valence-electron chi connectivity index (χ3n) is 5.50. The Morgan fingerprint density at radius 3 is 2.41 bits per heavy atom. The molecule has 0 N–H and O–H groups in total. The Balaban J connectivity index is 1.25. The zero-order valence-corrected chi connectivity index (χ0v) is 19.7. The average Bonchev–Trinajstić information content (AvgIpc) is 3.11. The smallest absolute Gasteiger partial charge is 0.293 e. The molecule has 0 saturated carbocycles. The summed E-state index contributed by atoms with van der Waals surface area (Å²) in [5, 5.41) is 2.62. The van der Waals surface area contributed by atoms with E-state index < -0.39 is 0 Å². The molecule has 1 aliphatic heterocycles. The third-order valence-corrected chi connectivity index (χ3v) is 6.64. The molecule has 4 aromatic carbocycles. The molecule has 168 valence electrons. The second-order valence-electron chi connectivity index (χ2n) is 7.94. The lowest BCUT2D eigenvalue weighted by Crippen LogP contribution is -2.27. The summed E-state index contributed by atoms with van der Waals surface area (Å²) in [7, 11) is 0. The minimum absolute atomic E-state index is 0.253. The van der Waals surface area contributed by atoms with Gasteiger partial charge < -0.3 is 4.74 Å². The van der Waals surface area contributed by atoms with Crippen molar-refractivity contribution in [2.24, 2.45) is 0 Å². The topological polar surface area (TPSA) is 46.6 Å². The van der Waals surface area contributed by atoms with Crippen molar-refractivity contribution in [3.05, 3.63) is 118 Å². The van der Waals surface area contributed by atoms with Gasteiger partial charge in [-0.2, -0.15) is 0 Å². The van der Waals surface area contributed by atoms with Gasteiger partial charge in [0.05, 0.1) is 11.4 Å². The van der Waals surface area contributed by atoms with E-state index in [0.29, 0.717) is 22.3 Å². The van der Waals surface area contributed by atoms with Crippen LogP contribution in [0.3, 0.4) is 0 Å². The normalized spacial score (nSPS) is 14.9. The van der Waals surface area contributed by atoms with E-state index in [1.54, 1.807) is 6.08 Å². The molecule has 0 unspecified atom stereocenters. The van der Waals surface area contributed by atoms with Gasteiger partial charge in [-0.05, 0) is 75.6 Å². The minimum Gasteiger partial charge on any atom is -0.489 e. The largest absolute Gasteiger partial charge is 0.489 e. The maximum atomic E-state index is 12.9. The van der Waals surface area contributed by atoms with Crippen LogP contribution in [0, 0.1) is 0 Å². The van der Waals surface area contributed by atoms with Gasteiger partial charge in [-0.1, -0.05) is 72.3 Å². The van der Waals surface area contributed by atoms with Crippen molar-refractivity contribution in [1.82, 2.24) is 4.90 Å². The second-order valence-corrected chi connectivity index (χ2v) is 9.37. The zero-order valence-electron chi connectivity index (χ0n) is 18.1. The van der Waals surface area contributed by atoms with Crippen LogP contribution < -0.4 is 4.74 Å². The molecular formula is C28H20ClNO3S. The summed E-state index contributed by atoms with van der Waals surface area (Å²) in [6.45, 7) is 0.663. The lowest BCUT2D eigenvalue weighted by atomic mass is 10.1. The number of thioether (sulfide) groups is 1. The molecule has 1 aliphatic rings. The molecule has 0 aromatic heterocycles. The molecule has 34 heavy (non-hydrogen) atoms. The Morgan fingerprint density at radius 1 is 0.824 bits per heavy atom. The van der Waals surface area contributed by atoms with E-state index >= 15 is 0 Å². The summed E-state index contributed by atoms with van der Waals surface area (Å²) in [6, 6.07) is 28.9. The van der Waals surface area contributed by atoms with Gasteiger partial charge >= 0.3 is 0 Å². The first-order chi connectivity index (χ1) is 16.5. The predicted molar refractivity (Wildman–Crippen MR) is 138 cm³/mol. The van der Waals surface area contributed by atoms with E-state index in [1.165, 1.54) is 4.90 Å². The summed E-state index contributed by atoms with van der Waals surface area (Å²) < 4.78 is 5.81. The number of amides is 2. The van der Waals surface area contributed by atoms with Crippen LogP contribution in [0.25, 0.3) is 16.8 Å². The van der Waals surface area contributed by atoms with E-state index in [9.17, 15) is 9.59 Å². The van der Waals surface area contributed by atoms with Gasteiger partial charge in [0.1, 0.15) is 12.4 Å². The Kier molecular flexibility index (Phi) is 6.39. The van der Waals surface area contributed by atoms with Crippen LogP contribution in [0.1, 0.15) is 16.7 Å². The maximum absolute atomic E-state index is 12.9. The van der Waals surface area contributed by atoms with Crippen LogP contribution >= 0.6 is 23.4 Å². The number of hydrogen-bond donors (Lipinski definition) is 0. The molecule has 0 aliphatic carbocycles. The van der Waals surface area contributed by atoms with Crippen molar-refractivity contribution in [3.63, 3.8) is 0 Å². The van der Waals surface area contributed by atoms with Gasteiger partial charge in [-0.15, -0.1) is 0 Å². The van der Waals surface area contributed by atoms with Crippen molar-refractivity contribution in [1.29, 1.82) is 0 Å². The zero-order chi connectivity index (χ0) is 23.5. The van der Waals surface area contributed by atoms with Crippen molar-refractivity contribution < 1.29 is 14.3 Å². The molecule has 5 rings (SSSR count). The van der Waals surface area contributed by atoms with Crippen molar-refractivity contribution >= 4 is 51.4 Å². The molecule has 4 aromatic rings. The number of hydrogen-bond acceptors (Lipinski definition) is 4. The molecule has 0 spiro atoms. The number of halogens is 1. The highest BCUT2D eigenvalue weighted by atomic mass is 35.5. The van der Waals surface area contributed by atoms with E-state index in [-0.39, 0.29) is 17.7 Å². The van der Waals surface area contributed by atoms with Gasteiger partial charge in [-0.3, -0.25) is 14.5 Å². The first-order valence-corrected chi connectivity index (χ1v) is 11.9. The van der Waals surface area contributed by atoms with Gasteiger partial charge in [0.2, 0.25) is 0 Å². The minimum atomic E-state index is -0.274. The SMILES string of the molecule is O=C1S/C(=C\c2ccc(OCc3cccc(Cl)c3)cc2)C(=O)N1Cc1ccc2ccccc2c1. The van der Waals surface area contributed by atoms with Crippen LogP contribution in [0.4, 0.5) is 4.79 Å². The summed E-state index contributed by atoms with van der Waals surface area (Å²) in [5.74, 6) is 0.436. The fourth-order valence-electron chi connectivity index (χ4n) is 3.76. The molecule has 1 saturated heterocycles. The second kappa shape index (κ2) is 9.75. The molecule has 6 heteroatoms. The Bertz CT molecular complexity index is 1410. The van der Waals surface area contributed by atoms with Crippen LogP contribution in [0.2, 0.25) is 5.02 Å². The quantitative estimate of drug-likeness (QED) is 0.269. The summed E-state index contributed by atoms with van der Waals surface area (Å²) >= 11 is 6.98. The van der Waals surface area contributed by atoms with Crippen molar-refractivity contribution in [2.45, 2.75) is 13.2 Å². The molecule has 0 radical (unpaired) electrons. The van der Waals surface area contributed by atoms with E-state index in [2.05, 4.69) is 0 Å². The Labute approximate surface area is 206 Å².